The molecule has 3 nitrogen and oxygen atoms in total. The summed E-state index contributed by atoms with van der Waals surface area (Å²) in [5.41, 5.74) is 0.0256. The molecule has 0 unspecified atom stereocenters. The first-order valence-corrected chi connectivity index (χ1v) is 6.07. The summed E-state index contributed by atoms with van der Waals surface area (Å²) in [7, 11) is 0. The van der Waals surface area contributed by atoms with Crippen LogP contribution in [0.5, 0.6) is 0 Å². The summed E-state index contributed by atoms with van der Waals surface area (Å²) in [6.45, 7) is 5.73. The van der Waals surface area contributed by atoms with Gasteiger partial charge in [0.15, 0.2) is 0 Å². The molecule has 0 radical (unpaired) electrons. The molecular formula is C12H16BrFN2O. The van der Waals surface area contributed by atoms with Crippen molar-refractivity contribution in [2.75, 3.05) is 11.9 Å². The zero-order valence-corrected chi connectivity index (χ0v) is 11.7. The zero-order valence-electron chi connectivity index (χ0n) is 10.1. The number of nitrogens with one attached hydrogen (secondary N) is 2. The maximum atomic E-state index is 13.3. The van der Waals surface area contributed by atoms with Crippen LogP contribution in [0.2, 0.25) is 0 Å². The highest BCUT2D eigenvalue weighted by Crippen LogP contribution is 2.19. The van der Waals surface area contributed by atoms with E-state index in [1.165, 1.54) is 6.07 Å². The lowest BCUT2D eigenvalue weighted by atomic mass is 10.1. The molecule has 17 heavy (non-hydrogen) atoms. The lowest BCUT2D eigenvalue weighted by molar-refractivity contribution is -0.120. The number of hydrogen-bond acceptors (Lipinski definition) is 2. The van der Waals surface area contributed by atoms with Gasteiger partial charge in [-0.05, 0) is 39.0 Å². The number of halogens is 2. The number of rotatable bonds is 3. The van der Waals surface area contributed by atoms with Crippen LogP contribution in [0.25, 0.3) is 0 Å². The highest BCUT2D eigenvalue weighted by molar-refractivity contribution is 9.10. The molecule has 0 bridgehead atoms. The van der Waals surface area contributed by atoms with Gasteiger partial charge in [0.05, 0.1) is 12.2 Å². The molecule has 0 aliphatic heterocycles. The summed E-state index contributed by atoms with van der Waals surface area (Å²) < 4.78 is 14.1. The van der Waals surface area contributed by atoms with Crippen LogP contribution in [-0.2, 0) is 4.79 Å². The Hall–Kier alpha value is -1.10. The molecule has 0 aromatic heterocycles. The van der Waals surface area contributed by atoms with Gasteiger partial charge in [-0.2, -0.15) is 0 Å². The van der Waals surface area contributed by atoms with Crippen molar-refractivity contribution in [1.29, 1.82) is 0 Å². The smallest absolute Gasteiger partial charge is 0.239 e. The molecule has 0 aliphatic rings. The average Bonchev–Trinajstić information content (AvgIpc) is 2.17. The van der Waals surface area contributed by atoms with Gasteiger partial charge in [0.2, 0.25) is 5.91 Å². The molecule has 94 valence electrons. The molecule has 0 heterocycles. The maximum absolute atomic E-state index is 13.3. The molecule has 0 saturated carbocycles. The van der Waals surface area contributed by atoms with Gasteiger partial charge in [0.25, 0.3) is 0 Å². The molecule has 1 aromatic carbocycles. The van der Waals surface area contributed by atoms with Crippen molar-refractivity contribution in [2.24, 2.45) is 0 Å². The van der Waals surface area contributed by atoms with Crippen molar-refractivity contribution < 1.29 is 9.18 Å². The minimum atomic E-state index is -0.378. The lowest BCUT2D eigenvalue weighted by Gasteiger charge is -2.20. The van der Waals surface area contributed by atoms with Gasteiger partial charge in [-0.25, -0.2) is 4.39 Å². The van der Waals surface area contributed by atoms with Crippen LogP contribution in [0, 0.1) is 5.82 Å². The third-order valence-electron chi connectivity index (χ3n) is 1.88. The van der Waals surface area contributed by atoms with E-state index in [-0.39, 0.29) is 23.8 Å². The van der Waals surface area contributed by atoms with Gasteiger partial charge in [-0.15, -0.1) is 0 Å². The number of carbonyl (C=O) groups excluding carboxylic acids is 1. The van der Waals surface area contributed by atoms with Crippen LogP contribution >= 0.6 is 15.9 Å². The summed E-state index contributed by atoms with van der Waals surface area (Å²) in [6, 6.07) is 4.55. The Morgan fingerprint density at radius 3 is 2.65 bits per heavy atom. The monoisotopic (exact) mass is 302 g/mol. The molecule has 0 saturated heterocycles. The minimum Gasteiger partial charge on any atom is -0.374 e. The van der Waals surface area contributed by atoms with Gasteiger partial charge in [0, 0.05) is 10.0 Å². The zero-order chi connectivity index (χ0) is 13.1. The SMILES string of the molecule is CC(C)(C)NC(=O)CNc1cc(Br)ccc1F. The fourth-order valence-corrected chi connectivity index (χ4v) is 1.63. The molecular weight excluding hydrogens is 287 g/mol. The van der Waals surface area contributed by atoms with Gasteiger partial charge in [-0.1, -0.05) is 15.9 Å². The summed E-state index contributed by atoms with van der Waals surface area (Å²) in [4.78, 5) is 11.5. The van der Waals surface area contributed by atoms with E-state index in [1.54, 1.807) is 12.1 Å². The number of anilines is 1. The number of benzene rings is 1. The Labute approximate surface area is 109 Å². The van der Waals surface area contributed by atoms with Crippen LogP contribution in [0.4, 0.5) is 10.1 Å². The normalized spacial score (nSPS) is 11.1. The molecule has 1 aromatic rings. The summed E-state index contributed by atoms with van der Waals surface area (Å²) in [5, 5.41) is 5.55. The quantitative estimate of drug-likeness (QED) is 0.901. The van der Waals surface area contributed by atoms with Crippen LogP contribution in [0.15, 0.2) is 22.7 Å². The first-order valence-electron chi connectivity index (χ1n) is 5.28. The topological polar surface area (TPSA) is 41.1 Å². The first kappa shape index (κ1) is 14.0. The van der Waals surface area contributed by atoms with Gasteiger partial charge >= 0.3 is 0 Å². The van der Waals surface area contributed by atoms with Crippen molar-refractivity contribution in [3.8, 4) is 0 Å². The lowest BCUT2D eigenvalue weighted by Crippen LogP contribution is -2.43. The molecule has 1 amide bonds. The third kappa shape index (κ3) is 5.17. The standard InChI is InChI=1S/C12H16BrFN2O/c1-12(2,3)16-11(17)7-15-10-6-8(13)4-5-9(10)14/h4-6,15H,7H2,1-3H3,(H,16,17). The van der Waals surface area contributed by atoms with Crippen LogP contribution < -0.4 is 10.6 Å². The fraction of sp³-hybridized carbons (Fsp3) is 0.417. The van der Waals surface area contributed by atoms with Crippen LogP contribution in [0.1, 0.15) is 20.8 Å². The predicted octanol–water partition coefficient (Wildman–Crippen LogP) is 2.91. The van der Waals surface area contributed by atoms with E-state index in [4.69, 9.17) is 0 Å². The van der Waals surface area contributed by atoms with Gasteiger partial charge in [-0.3, -0.25) is 4.79 Å². The molecule has 0 fully saturated rings. The van der Waals surface area contributed by atoms with Gasteiger partial charge in [0.1, 0.15) is 5.82 Å². The Bertz CT molecular complexity index is 415. The Morgan fingerprint density at radius 2 is 2.06 bits per heavy atom. The van der Waals surface area contributed by atoms with Crippen molar-refractivity contribution in [3.05, 3.63) is 28.5 Å². The highest BCUT2D eigenvalue weighted by atomic mass is 79.9. The summed E-state index contributed by atoms with van der Waals surface area (Å²) >= 11 is 3.24. The Kier molecular flexibility index (Phi) is 4.51. The van der Waals surface area contributed by atoms with E-state index in [9.17, 15) is 9.18 Å². The van der Waals surface area contributed by atoms with Crippen molar-refractivity contribution in [1.82, 2.24) is 5.32 Å². The van der Waals surface area contributed by atoms with Crippen molar-refractivity contribution in [2.45, 2.75) is 26.3 Å². The predicted molar refractivity (Wildman–Crippen MR) is 70.5 cm³/mol. The minimum absolute atomic E-state index is 0.0463. The number of amides is 1. The van der Waals surface area contributed by atoms with E-state index in [2.05, 4.69) is 26.6 Å². The largest absolute Gasteiger partial charge is 0.374 e. The average molecular weight is 303 g/mol. The second-order valence-electron chi connectivity index (χ2n) is 4.78. The summed E-state index contributed by atoms with van der Waals surface area (Å²) in [6.07, 6.45) is 0. The molecule has 1 rings (SSSR count). The Balaban J connectivity index is 2.56. The second kappa shape index (κ2) is 5.49. The van der Waals surface area contributed by atoms with Crippen LogP contribution in [0.3, 0.4) is 0 Å². The molecule has 0 spiro atoms. The van der Waals surface area contributed by atoms with Crippen molar-refractivity contribution in [3.63, 3.8) is 0 Å². The van der Waals surface area contributed by atoms with E-state index < -0.39 is 0 Å². The van der Waals surface area contributed by atoms with E-state index in [0.29, 0.717) is 5.69 Å². The second-order valence-corrected chi connectivity index (χ2v) is 5.69. The molecule has 0 atom stereocenters. The van der Waals surface area contributed by atoms with E-state index >= 15 is 0 Å². The van der Waals surface area contributed by atoms with Crippen LogP contribution in [-0.4, -0.2) is 18.0 Å². The Morgan fingerprint density at radius 1 is 1.41 bits per heavy atom. The molecule has 0 aliphatic carbocycles. The van der Waals surface area contributed by atoms with E-state index in [1.807, 2.05) is 20.8 Å². The molecule has 5 heteroatoms. The van der Waals surface area contributed by atoms with E-state index in [0.717, 1.165) is 4.47 Å². The maximum Gasteiger partial charge on any atom is 0.239 e. The van der Waals surface area contributed by atoms with Crippen molar-refractivity contribution >= 4 is 27.5 Å². The fourth-order valence-electron chi connectivity index (χ4n) is 1.27. The third-order valence-corrected chi connectivity index (χ3v) is 2.38. The first-order chi connectivity index (χ1) is 7.78. The molecule has 2 N–H and O–H groups in total. The van der Waals surface area contributed by atoms with Gasteiger partial charge < -0.3 is 10.6 Å². The highest BCUT2D eigenvalue weighted by Gasteiger charge is 2.13. The number of carbonyl (C=O) groups is 1. The number of hydrogen-bond donors (Lipinski definition) is 2. The summed E-state index contributed by atoms with van der Waals surface area (Å²) in [5.74, 6) is -0.548.